The van der Waals surface area contributed by atoms with E-state index in [1.54, 1.807) is 0 Å². The van der Waals surface area contributed by atoms with E-state index in [0.717, 1.165) is 12.2 Å². The van der Waals surface area contributed by atoms with Gasteiger partial charge in [0.25, 0.3) is 0 Å². The van der Waals surface area contributed by atoms with Gasteiger partial charge in [-0.1, -0.05) is 104 Å². The van der Waals surface area contributed by atoms with Crippen molar-refractivity contribution in [2.24, 2.45) is 0 Å². The van der Waals surface area contributed by atoms with Crippen LogP contribution in [0.15, 0.2) is 109 Å². The summed E-state index contributed by atoms with van der Waals surface area (Å²) in [6, 6.07) is 40.3. The highest BCUT2D eigenvalue weighted by atomic mass is 16.5. The van der Waals surface area contributed by atoms with Crippen molar-refractivity contribution in [3.8, 4) is 28.0 Å². The van der Waals surface area contributed by atoms with Crippen molar-refractivity contribution in [1.29, 1.82) is 0 Å². The lowest BCUT2D eigenvalue weighted by Crippen LogP contribution is -2.42. The summed E-state index contributed by atoms with van der Waals surface area (Å²) in [6.07, 6.45) is 3.53. The molecule has 1 heteroatoms. The fourth-order valence-corrected chi connectivity index (χ4v) is 7.52. The van der Waals surface area contributed by atoms with Crippen LogP contribution in [0.1, 0.15) is 38.7 Å². The molecule has 184 valence electrons. The monoisotopic (exact) mass is 490 g/mol. The third kappa shape index (κ3) is 2.82. The lowest BCUT2D eigenvalue weighted by atomic mass is 9.73. The normalized spacial score (nSPS) is 22.1. The molecule has 0 saturated heterocycles. The summed E-state index contributed by atoms with van der Waals surface area (Å²) < 4.78 is 6.61. The number of hydrogen-bond acceptors (Lipinski definition) is 1. The summed E-state index contributed by atoms with van der Waals surface area (Å²) in [6.45, 7) is 4.72. The van der Waals surface area contributed by atoms with Gasteiger partial charge in [-0.05, 0) is 92.9 Å². The van der Waals surface area contributed by atoms with Crippen molar-refractivity contribution in [3.63, 3.8) is 0 Å². The van der Waals surface area contributed by atoms with E-state index >= 15 is 0 Å². The van der Waals surface area contributed by atoms with Gasteiger partial charge in [0.2, 0.25) is 0 Å². The van der Waals surface area contributed by atoms with Crippen molar-refractivity contribution in [1.82, 2.24) is 0 Å². The molecule has 0 radical (unpaired) electrons. The quantitative estimate of drug-likeness (QED) is 0.219. The van der Waals surface area contributed by atoms with Gasteiger partial charge in [0.15, 0.2) is 0 Å². The molecule has 1 nitrogen and oxygen atoms in total. The molecule has 1 aliphatic carbocycles. The highest BCUT2D eigenvalue weighted by Crippen LogP contribution is 2.58. The zero-order valence-electron chi connectivity index (χ0n) is 21.9. The van der Waals surface area contributed by atoms with E-state index in [4.69, 9.17) is 4.74 Å². The highest BCUT2D eigenvalue weighted by molar-refractivity contribution is 6.23. The first kappa shape index (κ1) is 21.9. The molecule has 38 heavy (non-hydrogen) atoms. The Morgan fingerprint density at radius 3 is 1.89 bits per heavy atom. The Hall–Kier alpha value is -4.10. The Bertz CT molecular complexity index is 1850. The van der Waals surface area contributed by atoms with E-state index in [0.29, 0.717) is 0 Å². The van der Waals surface area contributed by atoms with Crippen LogP contribution in [-0.4, -0.2) is 5.60 Å². The van der Waals surface area contributed by atoms with Crippen LogP contribution in [0.5, 0.6) is 5.75 Å². The summed E-state index contributed by atoms with van der Waals surface area (Å²) in [5, 5.41) is 7.76. The van der Waals surface area contributed by atoms with Crippen molar-refractivity contribution in [3.05, 3.63) is 115 Å². The third-order valence-electron chi connectivity index (χ3n) is 9.69. The smallest absolute Gasteiger partial charge is 0.124 e. The standard InChI is InChI=1S/C37H30O/c1-36-21-10-22-37(36,2)38-33-20-19-25(23-32(33)36)34-28-14-5-7-16-30(28)35(31-17-8-6-15-29(31)34)27-18-9-12-24-11-3-4-13-26(24)27/h3-9,11-20,23H,10,21-22H2,1-2H3. The number of rotatable bonds is 2. The maximum atomic E-state index is 6.61. The van der Waals surface area contributed by atoms with Crippen LogP contribution < -0.4 is 4.74 Å². The Morgan fingerprint density at radius 2 is 1.18 bits per heavy atom. The summed E-state index contributed by atoms with van der Waals surface area (Å²) in [5.74, 6) is 1.07. The molecule has 0 N–H and O–H groups in total. The minimum absolute atomic E-state index is 0.0623. The zero-order valence-corrected chi connectivity index (χ0v) is 21.9. The molecule has 0 aromatic heterocycles. The summed E-state index contributed by atoms with van der Waals surface area (Å²) in [7, 11) is 0. The molecule has 0 amide bonds. The van der Waals surface area contributed by atoms with E-state index in [1.165, 1.54) is 73.0 Å². The second kappa shape index (κ2) is 7.71. The molecule has 8 rings (SSSR count). The first-order valence-electron chi connectivity index (χ1n) is 13.8. The second-order valence-corrected chi connectivity index (χ2v) is 11.6. The van der Waals surface area contributed by atoms with Crippen LogP contribution in [0, 0.1) is 0 Å². The van der Waals surface area contributed by atoms with Crippen LogP contribution >= 0.6 is 0 Å². The van der Waals surface area contributed by atoms with Crippen LogP contribution in [-0.2, 0) is 5.41 Å². The lowest BCUT2D eigenvalue weighted by Gasteiger charge is -2.33. The Labute approximate surface area is 223 Å². The van der Waals surface area contributed by atoms with Crippen molar-refractivity contribution in [2.75, 3.05) is 0 Å². The van der Waals surface area contributed by atoms with E-state index < -0.39 is 0 Å². The molecular weight excluding hydrogens is 460 g/mol. The van der Waals surface area contributed by atoms with Gasteiger partial charge in [-0.25, -0.2) is 0 Å². The van der Waals surface area contributed by atoms with E-state index in [-0.39, 0.29) is 11.0 Å². The van der Waals surface area contributed by atoms with Gasteiger partial charge in [0.1, 0.15) is 11.4 Å². The minimum Gasteiger partial charge on any atom is -0.486 e. The SMILES string of the molecule is CC12CCCC1(C)c1cc(-c3c4ccccc4c(-c4cccc5ccccc45)c4ccccc34)ccc1O2. The van der Waals surface area contributed by atoms with Gasteiger partial charge >= 0.3 is 0 Å². The van der Waals surface area contributed by atoms with Crippen LogP contribution in [0.3, 0.4) is 0 Å². The zero-order chi connectivity index (χ0) is 25.5. The molecule has 6 aromatic carbocycles. The van der Waals surface area contributed by atoms with Crippen molar-refractivity contribution in [2.45, 2.75) is 44.1 Å². The Kier molecular flexibility index (Phi) is 4.45. The molecule has 6 aromatic rings. The number of ether oxygens (including phenoxy) is 1. The molecule has 1 heterocycles. The first-order chi connectivity index (χ1) is 18.6. The van der Waals surface area contributed by atoms with Crippen LogP contribution in [0.2, 0.25) is 0 Å². The van der Waals surface area contributed by atoms with Gasteiger partial charge in [0, 0.05) is 11.0 Å². The average molecular weight is 491 g/mol. The molecule has 2 unspecified atom stereocenters. The Balaban J connectivity index is 1.47. The van der Waals surface area contributed by atoms with E-state index in [9.17, 15) is 0 Å². The fraction of sp³-hybridized carbons (Fsp3) is 0.189. The van der Waals surface area contributed by atoms with Gasteiger partial charge in [-0.3, -0.25) is 0 Å². The average Bonchev–Trinajstić information content (AvgIpc) is 3.36. The Morgan fingerprint density at radius 1 is 0.579 bits per heavy atom. The molecule has 0 bridgehead atoms. The second-order valence-electron chi connectivity index (χ2n) is 11.6. The van der Waals surface area contributed by atoms with Gasteiger partial charge in [-0.2, -0.15) is 0 Å². The topological polar surface area (TPSA) is 9.23 Å². The van der Waals surface area contributed by atoms with E-state index in [1.807, 2.05) is 0 Å². The van der Waals surface area contributed by atoms with Crippen molar-refractivity contribution >= 4 is 32.3 Å². The molecule has 2 atom stereocenters. The van der Waals surface area contributed by atoms with E-state index in [2.05, 4.69) is 123 Å². The number of fused-ring (bicyclic) bond motifs is 6. The molecule has 1 fully saturated rings. The minimum atomic E-state index is -0.101. The number of benzene rings is 6. The predicted octanol–water partition coefficient (Wildman–Crippen LogP) is 10.1. The highest BCUT2D eigenvalue weighted by Gasteiger charge is 2.57. The van der Waals surface area contributed by atoms with Crippen molar-refractivity contribution < 1.29 is 4.74 Å². The fourth-order valence-electron chi connectivity index (χ4n) is 7.52. The summed E-state index contributed by atoms with van der Waals surface area (Å²) in [5.41, 5.74) is 6.54. The maximum Gasteiger partial charge on any atom is 0.124 e. The molecule has 1 aliphatic heterocycles. The summed E-state index contributed by atoms with van der Waals surface area (Å²) >= 11 is 0. The van der Waals surface area contributed by atoms with Gasteiger partial charge in [0.05, 0.1) is 0 Å². The largest absolute Gasteiger partial charge is 0.486 e. The summed E-state index contributed by atoms with van der Waals surface area (Å²) in [4.78, 5) is 0. The molecule has 1 saturated carbocycles. The molecule has 2 aliphatic rings. The third-order valence-corrected chi connectivity index (χ3v) is 9.69. The van der Waals surface area contributed by atoms with Crippen LogP contribution in [0.25, 0.3) is 54.6 Å². The number of hydrogen-bond donors (Lipinski definition) is 0. The lowest BCUT2D eigenvalue weighted by molar-refractivity contribution is 0.0677. The first-order valence-corrected chi connectivity index (χ1v) is 13.8. The maximum absolute atomic E-state index is 6.61. The van der Waals surface area contributed by atoms with Crippen LogP contribution in [0.4, 0.5) is 0 Å². The molecular formula is C37H30O. The predicted molar refractivity (Wildman–Crippen MR) is 160 cm³/mol. The molecule has 0 spiro atoms. The van der Waals surface area contributed by atoms with Gasteiger partial charge in [-0.15, -0.1) is 0 Å². The van der Waals surface area contributed by atoms with Gasteiger partial charge < -0.3 is 4.74 Å².